The highest BCUT2D eigenvalue weighted by Crippen LogP contribution is 2.20. The molecule has 0 spiro atoms. The third-order valence-electron chi connectivity index (χ3n) is 4.60. The number of nitrogens with zero attached hydrogens (tertiary/aromatic N) is 3. The van der Waals surface area contributed by atoms with Crippen molar-refractivity contribution in [2.24, 2.45) is 5.10 Å². The van der Waals surface area contributed by atoms with Crippen LogP contribution in [0.5, 0.6) is 5.75 Å². The normalized spacial score (nSPS) is 11.6. The molecule has 1 N–H and O–H groups in total. The molecule has 166 valence electrons. The van der Waals surface area contributed by atoms with E-state index in [1.165, 1.54) is 25.5 Å². The lowest BCUT2D eigenvalue weighted by atomic mass is 10.1. The number of pyridine rings is 1. The second-order valence-electron chi connectivity index (χ2n) is 6.83. The molecule has 0 aliphatic heterocycles. The van der Waals surface area contributed by atoms with Crippen LogP contribution < -0.4 is 10.2 Å². The van der Waals surface area contributed by atoms with E-state index in [0.717, 1.165) is 9.87 Å². The summed E-state index contributed by atoms with van der Waals surface area (Å²) in [6, 6.07) is 19.1. The molecule has 9 heteroatoms. The summed E-state index contributed by atoms with van der Waals surface area (Å²) in [5, 5.41) is 3.89. The van der Waals surface area contributed by atoms with Gasteiger partial charge in [-0.3, -0.25) is 9.78 Å². The quantitative estimate of drug-likeness (QED) is 0.376. The first-order valence-electron chi connectivity index (χ1n) is 9.89. The highest BCUT2D eigenvalue weighted by Gasteiger charge is 2.26. The third-order valence-corrected chi connectivity index (χ3v) is 6.46. The molecule has 0 unspecified atom stereocenters. The van der Waals surface area contributed by atoms with Crippen LogP contribution in [0, 0.1) is 0 Å². The zero-order valence-corrected chi connectivity index (χ0v) is 18.4. The molecule has 0 fully saturated rings. The molecule has 0 bridgehead atoms. The first-order valence-corrected chi connectivity index (χ1v) is 11.3. The molecular weight excluding hydrogens is 428 g/mol. The van der Waals surface area contributed by atoms with E-state index in [-0.39, 0.29) is 18.0 Å². The van der Waals surface area contributed by atoms with Crippen molar-refractivity contribution in [1.82, 2.24) is 14.7 Å². The fourth-order valence-electron chi connectivity index (χ4n) is 2.91. The number of hydrogen-bond acceptors (Lipinski definition) is 6. The van der Waals surface area contributed by atoms with Crippen LogP contribution in [0.4, 0.5) is 0 Å². The van der Waals surface area contributed by atoms with Crippen molar-refractivity contribution >= 4 is 22.1 Å². The van der Waals surface area contributed by atoms with Crippen LogP contribution in [0.25, 0.3) is 0 Å². The Balaban J connectivity index is 1.74. The first-order chi connectivity index (χ1) is 15.5. The largest absolute Gasteiger partial charge is 0.497 e. The average Bonchev–Trinajstić information content (AvgIpc) is 2.83. The van der Waals surface area contributed by atoms with E-state index < -0.39 is 15.9 Å². The number of methoxy groups -OCH3 is 1. The minimum absolute atomic E-state index is 0.0815. The SMILES string of the molecule is COc1ccc(S(=O)(=O)N(CCc2ccccc2)CC(=O)N/N=C\c2cccnc2)cc1. The number of carbonyl (C=O) groups is 1. The Morgan fingerprint density at radius 2 is 1.84 bits per heavy atom. The van der Waals surface area contributed by atoms with E-state index >= 15 is 0 Å². The Morgan fingerprint density at radius 3 is 2.50 bits per heavy atom. The number of sulfonamides is 1. The summed E-state index contributed by atoms with van der Waals surface area (Å²) >= 11 is 0. The van der Waals surface area contributed by atoms with Gasteiger partial charge in [-0.25, -0.2) is 13.8 Å². The zero-order valence-electron chi connectivity index (χ0n) is 17.6. The summed E-state index contributed by atoms with van der Waals surface area (Å²) in [6.07, 6.45) is 5.13. The van der Waals surface area contributed by atoms with Crippen LogP contribution in [0.15, 0.2) is 89.1 Å². The van der Waals surface area contributed by atoms with E-state index in [9.17, 15) is 13.2 Å². The number of hydrogen-bond donors (Lipinski definition) is 1. The third kappa shape index (κ3) is 6.47. The van der Waals surface area contributed by atoms with Gasteiger partial charge in [-0.05, 0) is 42.3 Å². The van der Waals surface area contributed by atoms with Crippen molar-refractivity contribution in [3.8, 4) is 5.75 Å². The summed E-state index contributed by atoms with van der Waals surface area (Å²) in [4.78, 5) is 16.5. The van der Waals surface area contributed by atoms with Crippen LogP contribution in [0.1, 0.15) is 11.1 Å². The number of carbonyl (C=O) groups excluding carboxylic acids is 1. The molecule has 0 saturated heterocycles. The second kappa shape index (κ2) is 11.2. The molecule has 0 saturated carbocycles. The van der Waals surface area contributed by atoms with Gasteiger partial charge in [-0.2, -0.15) is 9.41 Å². The Morgan fingerprint density at radius 1 is 1.09 bits per heavy atom. The number of nitrogens with one attached hydrogen (secondary N) is 1. The van der Waals surface area contributed by atoms with Crippen LogP contribution >= 0.6 is 0 Å². The van der Waals surface area contributed by atoms with Crippen molar-refractivity contribution in [2.75, 3.05) is 20.2 Å². The molecule has 32 heavy (non-hydrogen) atoms. The zero-order chi connectivity index (χ0) is 22.8. The maximum absolute atomic E-state index is 13.2. The Kier molecular flexibility index (Phi) is 8.07. The molecule has 0 radical (unpaired) electrons. The van der Waals surface area contributed by atoms with E-state index in [0.29, 0.717) is 17.7 Å². The minimum atomic E-state index is -3.91. The van der Waals surface area contributed by atoms with Crippen LogP contribution in [-0.2, 0) is 21.2 Å². The molecule has 0 atom stereocenters. The van der Waals surface area contributed by atoms with Crippen LogP contribution in [-0.4, -0.2) is 50.0 Å². The maximum atomic E-state index is 13.2. The van der Waals surface area contributed by atoms with Gasteiger partial charge in [0, 0.05) is 24.5 Å². The van der Waals surface area contributed by atoms with Gasteiger partial charge in [0.1, 0.15) is 5.75 Å². The fraction of sp³-hybridized carbons (Fsp3) is 0.174. The van der Waals surface area contributed by atoms with Gasteiger partial charge < -0.3 is 4.74 Å². The van der Waals surface area contributed by atoms with Gasteiger partial charge in [0.2, 0.25) is 10.0 Å². The molecule has 2 aromatic carbocycles. The van der Waals surface area contributed by atoms with Gasteiger partial charge in [-0.1, -0.05) is 36.4 Å². The summed E-state index contributed by atoms with van der Waals surface area (Å²) in [6.45, 7) is -0.232. The van der Waals surface area contributed by atoms with E-state index in [2.05, 4.69) is 15.5 Å². The number of amides is 1. The van der Waals surface area contributed by atoms with E-state index in [4.69, 9.17) is 4.74 Å². The topological polar surface area (TPSA) is 101 Å². The molecule has 1 heterocycles. The summed E-state index contributed by atoms with van der Waals surface area (Å²) < 4.78 is 32.7. The molecule has 3 rings (SSSR count). The lowest BCUT2D eigenvalue weighted by Crippen LogP contribution is -2.40. The summed E-state index contributed by atoms with van der Waals surface area (Å²) in [5.74, 6) is -0.00226. The smallest absolute Gasteiger partial charge is 0.255 e. The van der Waals surface area contributed by atoms with Crippen molar-refractivity contribution in [3.05, 3.63) is 90.3 Å². The predicted octanol–water partition coefficient (Wildman–Crippen LogP) is 2.47. The molecule has 0 aliphatic rings. The van der Waals surface area contributed by atoms with Crippen molar-refractivity contribution in [2.45, 2.75) is 11.3 Å². The Hall–Kier alpha value is -3.56. The van der Waals surface area contributed by atoms with Gasteiger partial charge in [0.05, 0.1) is 24.8 Å². The second-order valence-corrected chi connectivity index (χ2v) is 8.77. The summed E-state index contributed by atoms with van der Waals surface area (Å²) in [5.41, 5.74) is 4.06. The minimum Gasteiger partial charge on any atom is -0.497 e. The van der Waals surface area contributed by atoms with Gasteiger partial charge in [0.25, 0.3) is 5.91 Å². The number of rotatable bonds is 10. The molecular formula is C23H24N4O4S. The van der Waals surface area contributed by atoms with Crippen molar-refractivity contribution in [1.29, 1.82) is 0 Å². The highest BCUT2D eigenvalue weighted by molar-refractivity contribution is 7.89. The van der Waals surface area contributed by atoms with Crippen molar-refractivity contribution < 1.29 is 17.9 Å². The van der Waals surface area contributed by atoms with Crippen molar-refractivity contribution in [3.63, 3.8) is 0 Å². The van der Waals surface area contributed by atoms with Crippen LogP contribution in [0.2, 0.25) is 0 Å². The molecule has 0 aliphatic carbocycles. The number of benzene rings is 2. The van der Waals surface area contributed by atoms with Gasteiger partial charge in [0.15, 0.2) is 0 Å². The molecule has 3 aromatic rings. The van der Waals surface area contributed by atoms with Crippen LogP contribution in [0.3, 0.4) is 0 Å². The van der Waals surface area contributed by atoms with E-state index in [1.807, 2.05) is 30.3 Å². The average molecular weight is 453 g/mol. The Labute approximate surface area is 187 Å². The highest BCUT2D eigenvalue weighted by atomic mass is 32.2. The number of aromatic nitrogens is 1. The molecule has 8 nitrogen and oxygen atoms in total. The lowest BCUT2D eigenvalue weighted by Gasteiger charge is -2.21. The Bertz CT molecular complexity index is 1140. The standard InChI is InChI=1S/C23H24N4O4S/c1-31-21-9-11-22(12-10-21)32(29,30)27(15-13-19-6-3-2-4-7-19)18-23(28)26-25-17-20-8-5-14-24-16-20/h2-12,14,16-17H,13,15,18H2,1H3,(H,26,28)/b25-17-. The maximum Gasteiger partial charge on any atom is 0.255 e. The lowest BCUT2D eigenvalue weighted by molar-refractivity contribution is -0.121. The predicted molar refractivity (Wildman–Crippen MR) is 122 cm³/mol. The molecule has 1 amide bonds. The van der Waals surface area contributed by atoms with E-state index in [1.54, 1.807) is 36.7 Å². The number of hydrazone groups is 1. The van der Waals surface area contributed by atoms with Gasteiger partial charge >= 0.3 is 0 Å². The van der Waals surface area contributed by atoms with Gasteiger partial charge in [-0.15, -0.1) is 0 Å². The fourth-order valence-corrected chi connectivity index (χ4v) is 4.30. The number of ether oxygens (including phenoxy) is 1. The monoisotopic (exact) mass is 452 g/mol. The first kappa shape index (κ1) is 23.1. The summed E-state index contributed by atoms with van der Waals surface area (Å²) in [7, 11) is -2.41. The molecule has 1 aromatic heterocycles.